The first-order valence-corrected chi connectivity index (χ1v) is 4.01. The number of rotatable bonds is 2. The fourth-order valence-corrected chi connectivity index (χ4v) is 0.489. The van der Waals surface area contributed by atoms with E-state index >= 15 is 0 Å². The quantitative estimate of drug-likeness (QED) is 0.457. The second kappa shape index (κ2) is 3.29. The van der Waals surface area contributed by atoms with E-state index < -0.39 is 10.3 Å². The molecule has 2 N–H and O–H groups in total. The van der Waals surface area contributed by atoms with Gasteiger partial charge in [-0.05, 0) is 6.92 Å². The van der Waals surface area contributed by atoms with Gasteiger partial charge in [0.05, 0.1) is 20.6 Å². The highest BCUT2D eigenvalue weighted by molar-refractivity contribution is 7.80. The van der Waals surface area contributed by atoms with Gasteiger partial charge in [0.2, 0.25) is 0 Å². The Labute approximate surface area is 61.0 Å². The van der Waals surface area contributed by atoms with E-state index in [9.17, 15) is 8.42 Å². The molecule has 0 aromatic rings. The number of nitrogens with zero attached hydrogens (tertiary/aromatic N) is 1. The molecule has 0 spiro atoms. The van der Waals surface area contributed by atoms with Gasteiger partial charge in [0.1, 0.15) is 0 Å². The average Bonchev–Trinajstić information content (AvgIpc) is 1.64. The predicted octanol–water partition coefficient (Wildman–Crippen LogP) is -0.291. The Morgan fingerprint density at radius 3 is 1.70 bits per heavy atom. The van der Waals surface area contributed by atoms with E-state index in [2.05, 4.69) is 0 Å². The second-order valence-electron chi connectivity index (χ2n) is 2.34. The van der Waals surface area contributed by atoms with Gasteiger partial charge in [0, 0.05) is 0 Å². The van der Waals surface area contributed by atoms with Gasteiger partial charge < -0.3 is 5.48 Å². The van der Waals surface area contributed by atoms with Gasteiger partial charge in [-0.25, -0.2) is 4.55 Å². The molecule has 0 amide bonds. The standard InChI is InChI=1S/C4H11NO3S.H2O/c1-4-5(2,3)9(6,7)8;/h4H2,1-3H3;1H2. The van der Waals surface area contributed by atoms with E-state index in [1.807, 2.05) is 0 Å². The SMILES string of the molecule is CC[N+](C)(C)S(=O)(=O)O.[OH-]. The van der Waals surface area contributed by atoms with Crippen LogP contribution in [0.4, 0.5) is 0 Å². The molecule has 0 saturated carbocycles. The van der Waals surface area contributed by atoms with Crippen molar-refractivity contribution in [1.82, 2.24) is 0 Å². The van der Waals surface area contributed by atoms with Crippen molar-refractivity contribution < 1.29 is 22.3 Å². The lowest BCUT2D eigenvalue weighted by Crippen LogP contribution is -2.44. The number of hydrogen-bond acceptors (Lipinski definition) is 3. The van der Waals surface area contributed by atoms with Crippen LogP contribution in [0, 0.1) is 0 Å². The Balaban J connectivity index is 0. The molecule has 0 aromatic carbocycles. The molecule has 0 rings (SSSR count). The average molecular weight is 171 g/mol. The van der Waals surface area contributed by atoms with Crippen molar-refractivity contribution in [2.75, 3.05) is 20.6 Å². The van der Waals surface area contributed by atoms with E-state index in [0.29, 0.717) is 6.54 Å². The van der Waals surface area contributed by atoms with Crippen LogP contribution in [-0.2, 0) is 10.3 Å². The summed E-state index contributed by atoms with van der Waals surface area (Å²) < 4.78 is 28.9. The van der Waals surface area contributed by atoms with Crippen LogP contribution < -0.4 is 0 Å². The minimum atomic E-state index is -3.91. The zero-order chi connectivity index (χ0) is 7.71. The van der Waals surface area contributed by atoms with Crippen LogP contribution in [0.25, 0.3) is 0 Å². The van der Waals surface area contributed by atoms with Crippen LogP contribution in [0.1, 0.15) is 6.92 Å². The van der Waals surface area contributed by atoms with E-state index in [0.717, 1.165) is 0 Å². The van der Waals surface area contributed by atoms with Gasteiger partial charge in [0.15, 0.2) is 0 Å². The van der Waals surface area contributed by atoms with Gasteiger partial charge >= 0.3 is 10.3 Å². The fourth-order valence-electron chi connectivity index (χ4n) is 0.163. The molecular weight excluding hydrogens is 158 g/mol. The molecule has 64 valence electrons. The van der Waals surface area contributed by atoms with Crippen molar-refractivity contribution in [2.45, 2.75) is 6.92 Å². The number of quaternary nitrogens is 1. The Morgan fingerprint density at radius 1 is 1.40 bits per heavy atom. The third-order valence-electron chi connectivity index (χ3n) is 1.39. The Morgan fingerprint density at radius 2 is 1.70 bits per heavy atom. The fraction of sp³-hybridized carbons (Fsp3) is 1.00. The molecule has 0 fully saturated rings. The van der Waals surface area contributed by atoms with Crippen molar-refractivity contribution in [3.8, 4) is 0 Å². The zero-order valence-electron chi connectivity index (χ0n) is 6.27. The van der Waals surface area contributed by atoms with Gasteiger partial charge in [-0.15, -0.1) is 8.42 Å². The molecular formula is C4H13NO4S. The third-order valence-corrected chi connectivity index (χ3v) is 2.89. The van der Waals surface area contributed by atoms with Crippen LogP contribution in [-0.4, -0.2) is 43.0 Å². The summed E-state index contributed by atoms with van der Waals surface area (Å²) in [7, 11) is -1.06. The minimum Gasteiger partial charge on any atom is -0.870 e. The lowest BCUT2D eigenvalue weighted by atomic mass is 10.7. The van der Waals surface area contributed by atoms with Crippen LogP contribution in [0.3, 0.4) is 0 Å². The highest BCUT2D eigenvalue weighted by Gasteiger charge is 2.27. The molecule has 6 heteroatoms. The van der Waals surface area contributed by atoms with Crippen molar-refractivity contribution >= 4 is 10.3 Å². The molecule has 0 radical (unpaired) electrons. The first-order valence-electron chi connectivity index (χ1n) is 2.62. The Hall–Kier alpha value is -0.170. The lowest BCUT2D eigenvalue weighted by Gasteiger charge is -2.21. The smallest absolute Gasteiger partial charge is 0.432 e. The second-order valence-corrected chi connectivity index (χ2v) is 4.22. The van der Waals surface area contributed by atoms with Crippen LogP contribution in [0.5, 0.6) is 0 Å². The molecule has 0 aliphatic heterocycles. The summed E-state index contributed by atoms with van der Waals surface area (Å²) >= 11 is 0. The predicted molar refractivity (Wildman–Crippen MR) is 36.1 cm³/mol. The van der Waals surface area contributed by atoms with Crippen molar-refractivity contribution in [1.29, 1.82) is 0 Å². The third kappa shape index (κ3) is 2.61. The number of hydrogen-bond donors (Lipinski definition) is 1. The molecule has 0 saturated heterocycles. The monoisotopic (exact) mass is 171 g/mol. The molecule has 0 bridgehead atoms. The normalized spacial score (nSPS) is 12.4. The van der Waals surface area contributed by atoms with E-state index in [-0.39, 0.29) is 9.36 Å². The maximum atomic E-state index is 10.4. The van der Waals surface area contributed by atoms with Crippen LogP contribution >= 0.6 is 0 Å². The van der Waals surface area contributed by atoms with E-state index in [4.69, 9.17) is 4.55 Å². The lowest BCUT2D eigenvalue weighted by molar-refractivity contribution is -0.765. The summed E-state index contributed by atoms with van der Waals surface area (Å²) in [6, 6.07) is 0. The highest BCUT2D eigenvalue weighted by atomic mass is 32.2. The minimum absolute atomic E-state index is 0. The topological polar surface area (TPSA) is 84.4 Å². The van der Waals surface area contributed by atoms with E-state index in [1.165, 1.54) is 14.1 Å². The van der Waals surface area contributed by atoms with Gasteiger partial charge in [-0.3, -0.25) is 0 Å². The van der Waals surface area contributed by atoms with Gasteiger partial charge in [-0.2, -0.15) is 3.89 Å². The summed E-state index contributed by atoms with van der Waals surface area (Å²) in [5, 5.41) is 0. The van der Waals surface area contributed by atoms with Crippen LogP contribution in [0.15, 0.2) is 0 Å². The molecule has 10 heavy (non-hydrogen) atoms. The summed E-state index contributed by atoms with van der Waals surface area (Å²) in [5.74, 6) is 0. The molecule has 0 unspecified atom stereocenters. The van der Waals surface area contributed by atoms with Gasteiger partial charge in [0.25, 0.3) is 0 Å². The first-order chi connectivity index (χ1) is 3.81. The maximum Gasteiger partial charge on any atom is 0.432 e. The first kappa shape index (κ1) is 12.5. The molecule has 0 aliphatic rings. The summed E-state index contributed by atoms with van der Waals surface area (Å²) in [6.07, 6.45) is 0. The van der Waals surface area contributed by atoms with Crippen molar-refractivity contribution in [2.24, 2.45) is 0 Å². The largest absolute Gasteiger partial charge is 0.870 e. The van der Waals surface area contributed by atoms with Crippen molar-refractivity contribution in [3.05, 3.63) is 0 Å². The molecule has 0 aliphatic carbocycles. The summed E-state index contributed by atoms with van der Waals surface area (Å²) in [4.78, 5) is 0. The molecule has 0 heterocycles. The summed E-state index contributed by atoms with van der Waals surface area (Å²) in [6.45, 7) is 2.05. The Kier molecular flexibility index (Phi) is 4.11. The highest BCUT2D eigenvalue weighted by Crippen LogP contribution is 2.02. The summed E-state index contributed by atoms with van der Waals surface area (Å²) in [5.41, 5.74) is 0. The zero-order valence-corrected chi connectivity index (χ0v) is 7.09. The molecule has 0 atom stereocenters. The van der Waals surface area contributed by atoms with Crippen molar-refractivity contribution in [3.63, 3.8) is 0 Å². The van der Waals surface area contributed by atoms with Crippen LogP contribution in [0.2, 0.25) is 0 Å². The Bertz CT molecular complexity index is 183. The van der Waals surface area contributed by atoms with E-state index in [1.54, 1.807) is 6.92 Å². The molecule has 5 nitrogen and oxygen atoms in total. The molecule has 0 aromatic heterocycles. The maximum absolute atomic E-state index is 10.4. The van der Waals surface area contributed by atoms with Gasteiger partial charge in [-0.1, -0.05) is 0 Å².